The molecule has 0 aliphatic carbocycles. The topological polar surface area (TPSA) is 64.6 Å². The van der Waals surface area contributed by atoms with E-state index in [1.165, 1.54) is 24.3 Å². The SMILES string of the molecule is Cc1cccc(C(=O)OCC(=O)Nc2ccc(OC(F)F)cc2)c1C. The first-order valence-electron chi connectivity index (χ1n) is 7.45. The number of benzene rings is 2. The van der Waals surface area contributed by atoms with E-state index in [0.717, 1.165) is 11.1 Å². The molecule has 5 nitrogen and oxygen atoms in total. The summed E-state index contributed by atoms with van der Waals surface area (Å²) in [7, 11) is 0. The van der Waals surface area contributed by atoms with Crippen LogP contribution in [0.15, 0.2) is 42.5 Å². The lowest BCUT2D eigenvalue weighted by atomic mass is 10.0. The van der Waals surface area contributed by atoms with Gasteiger partial charge in [0.05, 0.1) is 5.56 Å². The lowest BCUT2D eigenvalue weighted by Gasteiger charge is -2.10. The molecule has 0 unspecified atom stereocenters. The fourth-order valence-corrected chi connectivity index (χ4v) is 2.10. The molecule has 0 heterocycles. The molecule has 0 aliphatic rings. The third kappa shape index (κ3) is 5.27. The van der Waals surface area contributed by atoms with Crippen LogP contribution < -0.4 is 10.1 Å². The molecular formula is C18H17F2NO4. The number of ether oxygens (including phenoxy) is 2. The van der Waals surface area contributed by atoms with Gasteiger partial charge in [-0.3, -0.25) is 4.79 Å². The van der Waals surface area contributed by atoms with Gasteiger partial charge in [-0.15, -0.1) is 0 Å². The summed E-state index contributed by atoms with van der Waals surface area (Å²) in [6.45, 7) is 0.307. The third-order valence-corrected chi connectivity index (χ3v) is 3.52. The van der Waals surface area contributed by atoms with Crippen LogP contribution in [0, 0.1) is 13.8 Å². The van der Waals surface area contributed by atoms with E-state index in [-0.39, 0.29) is 5.75 Å². The summed E-state index contributed by atoms with van der Waals surface area (Å²) in [6.07, 6.45) is 0. The Bertz CT molecular complexity index is 760. The zero-order valence-electron chi connectivity index (χ0n) is 13.7. The van der Waals surface area contributed by atoms with Crippen LogP contribution in [0.2, 0.25) is 0 Å². The van der Waals surface area contributed by atoms with Gasteiger partial charge < -0.3 is 14.8 Å². The van der Waals surface area contributed by atoms with Crippen LogP contribution >= 0.6 is 0 Å². The number of hydrogen-bond acceptors (Lipinski definition) is 4. The molecule has 25 heavy (non-hydrogen) atoms. The molecule has 2 aromatic carbocycles. The van der Waals surface area contributed by atoms with Crippen LogP contribution in [0.5, 0.6) is 5.75 Å². The number of amides is 1. The third-order valence-electron chi connectivity index (χ3n) is 3.52. The first kappa shape index (κ1) is 18.4. The second kappa shape index (κ2) is 8.23. The Labute approximate surface area is 143 Å². The second-order valence-corrected chi connectivity index (χ2v) is 5.27. The molecule has 2 rings (SSSR count). The Hall–Kier alpha value is -2.96. The molecule has 0 saturated carbocycles. The summed E-state index contributed by atoms with van der Waals surface area (Å²) in [5.41, 5.74) is 2.52. The van der Waals surface area contributed by atoms with Crippen molar-refractivity contribution >= 4 is 17.6 Å². The molecule has 0 aromatic heterocycles. The minimum atomic E-state index is -2.91. The largest absolute Gasteiger partial charge is 0.452 e. The molecule has 0 aliphatic heterocycles. The Balaban J connectivity index is 1.88. The zero-order valence-corrected chi connectivity index (χ0v) is 13.7. The summed E-state index contributed by atoms with van der Waals surface area (Å²) in [6, 6.07) is 10.6. The molecule has 0 saturated heterocycles. The number of anilines is 1. The van der Waals surface area contributed by atoms with E-state index in [1.54, 1.807) is 19.1 Å². The highest BCUT2D eigenvalue weighted by Gasteiger charge is 2.13. The molecule has 1 N–H and O–H groups in total. The Kier molecular flexibility index (Phi) is 6.05. The normalized spacial score (nSPS) is 10.4. The van der Waals surface area contributed by atoms with Gasteiger partial charge in [0.25, 0.3) is 5.91 Å². The highest BCUT2D eigenvalue weighted by molar-refractivity contribution is 5.96. The van der Waals surface area contributed by atoms with E-state index in [4.69, 9.17) is 4.74 Å². The van der Waals surface area contributed by atoms with E-state index in [9.17, 15) is 18.4 Å². The fourth-order valence-electron chi connectivity index (χ4n) is 2.10. The number of esters is 1. The van der Waals surface area contributed by atoms with Gasteiger partial charge in [-0.1, -0.05) is 12.1 Å². The maximum Gasteiger partial charge on any atom is 0.387 e. The minimum Gasteiger partial charge on any atom is -0.452 e. The average Bonchev–Trinajstić information content (AvgIpc) is 2.56. The molecular weight excluding hydrogens is 332 g/mol. The number of carbonyl (C=O) groups excluding carboxylic acids is 2. The lowest BCUT2D eigenvalue weighted by molar-refractivity contribution is -0.119. The van der Waals surface area contributed by atoms with Gasteiger partial charge in [0.1, 0.15) is 5.75 Å². The highest BCUT2D eigenvalue weighted by Crippen LogP contribution is 2.18. The van der Waals surface area contributed by atoms with Crippen molar-refractivity contribution in [3.05, 3.63) is 59.2 Å². The Morgan fingerprint density at radius 3 is 2.40 bits per heavy atom. The van der Waals surface area contributed by atoms with Crippen LogP contribution in [-0.4, -0.2) is 25.1 Å². The average molecular weight is 349 g/mol. The van der Waals surface area contributed by atoms with Crippen molar-refractivity contribution in [3.63, 3.8) is 0 Å². The Morgan fingerprint density at radius 2 is 1.76 bits per heavy atom. The predicted octanol–water partition coefficient (Wildman–Crippen LogP) is 3.70. The number of aryl methyl sites for hydroxylation is 1. The molecule has 7 heteroatoms. The van der Waals surface area contributed by atoms with Crippen molar-refractivity contribution in [1.29, 1.82) is 0 Å². The number of rotatable bonds is 6. The molecule has 0 spiro atoms. The van der Waals surface area contributed by atoms with Crippen molar-refractivity contribution in [2.75, 3.05) is 11.9 Å². The summed E-state index contributed by atoms with van der Waals surface area (Å²) in [4.78, 5) is 23.9. The Morgan fingerprint density at radius 1 is 1.08 bits per heavy atom. The first-order valence-corrected chi connectivity index (χ1v) is 7.45. The van der Waals surface area contributed by atoms with Crippen LogP contribution in [0.1, 0.15) is 21.5 Å². The van der Waals surface area contributed by atoms with Crippen LogP contribution in [0.4, 0.5) is 14.5 Å². The number of halogens is 2. The first-order chi connectivity index (χ1) is 11.9. The summed E-state index contributed by atoms with van der Waals surface area (Å²) < 4.78 is 33.3. The zero-order chi connectivity index (χ0) is 18.4. The molecule has 0 fully saturated rings. The molecule has 0 radical (unpaired) electrons. The standard InChI is InChI=1S/C18H17F2NO4/c1-11-4-3-5-15(12(11)2)17(23)24-10-16(22)21-13-6-8-14(9-7-13)25-18(19)20/h3-9,18H,10H2,1-2H3,(H,21,22). The van der Waals surface area contributed by atoms with E-state index in [0.29, 0.717) is 11.3 Å². The number of nitrogens with one attached hydrogen (secondary N) is 1. The van der Waals surface area contributed by atoms with Crippen LogP contribution in [0.3, 0.4) is 0 Å². The molecule has 1 amide bonds. The summed E-state index contributed by atoms with van der Waals surface area (Å²) in [5, 5.41) is 2.50. The van der Waals surface area contributed by atoms with Gasteiger partial charge in [0.2, 0.25) is 0 Å². The molecule has 0 bridgehead atoms. The van der Waals surface area contributed by atoms with Crippen molar-refractivity contribution in [1.82, 2.24) is 0 Å². The van der Waals surface area contributed by atoms with E-state index in [2.05, 4.69) is 10.1 Å². The van der Waals surface area contributed by atoms with Crippen LogP contribution in [-0.2, 0) is 9.53 Å². The lowest BCUT2D eigenvalue weighted by Crippen LogP contribution is -2.21. The van der Waals surface area contributed by atoms with Crippen molar-refractivity contribution in [3.8, 4) is 5.75 Å². The van der Waals surface area contributed by atoms with Crippen molar-refractivity contribution in [2.24, 2.45) is 0 Å². The number of hydrogen-bond donors (Lipinski definition) is 1. The van der Waals surface area contributed by atoms with Crippen molar-refractivity contribution < 1.29 is 27.8 Å². The maximum atomic E-state index is 12.1. The van der Waals surface area contributed by atoms with E-state index >= 15 is 0 Å². The van der Waals surface area contributed by atoms with Gasteiger partial charge in [0.15, 0.2) is 6.61 Å². The van der Waals surface area contributed by atoms with Gasteiger partial charge >= 0.3 is 12.6 Å². The van der Waals surface area contributed by atoms with E-state index < -0.39 is 25.1 Å². The van der Waals surface area contributed by atoms with Gasteiger partial charge in [-0.2, -0.15) is 8.78 Å². The quantitative estimate of drug-likeness (QED) is 0.808. The van der Waals surface area contributed by atoms with Gasteiger partial charge in [-0.25, -0.2) is 4.79 Å². The molecule has 132 valence electrons. The van der Waals surface area contributed by atoms with Crippen molar-refractivity contribution in [2.45, 2.75) is 20.5 Å². The minimum absolute atomic E-state index is 0.0191. The monoisotopic (exact) mass is 349 g/mol. The summed E-state index contributed by atoms with van der Waals surface area (Å²) in [5.74, 6) is -1.15. The highest BCUT2D eigenvalue weighted by atomic mass is 19.3. The second-order valence-electron chi connectivity index (χ2n) is 5.27. The maximum absolute atomic E-state index is 12.1. The van der Waals surface area contributed by atoms with Gasteiger partial charge in [0, 0.05) is 5.69 Å². The van der Waals surface area contributed by atoms with E-state index in [1.807, 2.05) is 13.0 Å². The smallest absolute Gasteiger partial charge is 0.387 e. The summed E-state index contributed by atoms with van der Waals surface area (Å²) >= 11 is 0. The molecule has 0 atom stereocenters. The predicted molar refractivity (Wildman–Crippen MR) is 87.9 cm³/mol. The number of carbonyl (C=O) groups is 2. The van der Waals surface area contributed by atoms with Crippen LogP contribution in [0.25, 0.3) is 0 Å². The fraction of sp³-hybridized carbons (Fsp3) is 0.222. The number of alkyl halides is 2. The molecule has 2 aromatic rings. The van der Waals surface area contributed by atoms with Gasteiger partial charge in [-0.05, 0) is 55.3 Å².